The van der Waals surface area contributed by atoms with Crippen LogP contribution in [-0.2, 0) is 6.67 Å². The van der Waals surface area contributed by atoms with Gasteiger partial charge in [-0.2, -0.15) is 4.68 Å². The smallest absolute Gasteiger partial charge is 0.292 e. The summed E-state index contributed by atoms with van der Waals surface area (Å²) in [4.78, 5) is 7.39. The highest BCUT2D eigenvalue weighted by Crippen LogP contribution is 2.40. The van der Waals surface area contributed by atoms with Crippen LogP contribution in [0.25, 0.3) is 11.5 Å². The van der Waals surface area contributed by atoms with Gasteiger partial charge in [0.15, 0.2) is 18.2 Å². The summed E-state index contributed by atoms with van der Waals surface area (Å²) in [5.74, 6) is 3.15. The van der Waals surface area contributed by atoms with E-state index in [4.69, 9.17) is 30.8 Å². The van der Waals surface area contributed by atoms with Gasteiger partial charge in [0.1, 0.15) is 26.2 Å². The second kappa shape index (κ2) is 9.36. The molecule has 3 heterocycles. The number of methoxy groups -OCH3 is 3. The third kappa shape index (κ3) is 4.49. The van der Waals surface area contributed by atoms with Crippen molar-refractivity contribution in [3.8, 4) is 28.7 Å². The average molecular weight is 446 g/mol. The highest BCUT2D eigenvalue weighted by atomic mass is 32.1. The Morgan fingerprint density at radius 3 is 2.39 bits per heavy atom. The van der Waals surface area contributed by atoms with E-state index in [2.05, 4.69) is 21.0 Å². The van der Waals surface area contributed by atoms with E-state index in [9.17, 15) is 0 Å². The van der Waals surface area contributed by atoms with Crippen LogP contribution < -0.4 is 29.0 Å². The summed E-state index contributed by atoms with van der Waals surface area (Å²) in [6.07, 6.45) is 1.95. The van der Waals surface area contributed by atoms with Crippen molar-refractivity contribution in [3.05, 3.63) is 41.4 Å². The molecule has 1 aliphatic heterocycles. The number of nitrogens with one attached hydrogen (secondary N) is 2. The second-order valence-electron chi connectivity index (χ2n) is 7.23. The van der Waals surface area contributed by atoms with E-state index in [0.29, 0.717) is 40.2 Å². The molecule has 0 amide bonds. The Bertz CT molecular complexity index is 1050. The maximum atomic E-state index is 5.79. The largest absolute Gasteiger partial charge is 0.493 e. The number of anilines is 1. The van der Waals surface area contributed by atoms with Gasteiger partial charge in [0.2, 0.25) is 11.6 Å². The van der Waals surface area contributed by atoms with Crippen molar-refractivity contribution < 1.29 is 28.5 Å². The molecule has 1 fully saturated rings. The molecule has 1 saturated heterocycles. The number of pyridine rings is 1. The van der Waals surface area contributed by atoms with Crippen molar-refractivity contribution in [3.63, 3.8) is 0 Å². The van der Waals surface area contributed by atoms with Gasteiger partial charge in [0.05, 0.1) is 27.5 Å². The van der Waals surface area contributed by atoms with Gasteiger partial charge in [-0.3, -0.25) is 4.90 Å². The predicted octanol–water partition coefficient (Wildman–Crippen LogP) is 1.08. The fourth-order valence-corrected chi connectivity index (χ4v) is 3.93. The minimum atomic E-state index is 0.343. The van der Waals surface area contributed by atoms with Gasteiger partial charge >= 0.3 is 0 Å². The number of H-pyrrole nitrogens is 1. The molecule has 10 heteroatoms. The Hall–Kier alpha value is -3.11. The van der Waals surface area contributed by atoms with Crippen LogP contribution in [0.2, 0.25) is 0 Å². The van der Waals surface area contributed by atoms with E-state index in [1.54, 1.807) is 38.1 Å². The fourth-order valence-electron chi connectivity index (χ4n) is 3.74. The number of nitrogens with zero attached hydrogens (tertiary/aromatic N) is 3. The molecule has 4 rings (SSSR count). The lowest BCUT2D eigenvalue weighted by atomic mass is 10.2. The number of rotatable bonds is 7. The Morgan fingerprint density at radius 2 is 1.81 bits per heavy atom. The molecule has 0 unspecified atom stereocenters. The summed E-state index contributed by atoms with van der Waals surface area (Å²) in [6, 6.07) is 9.73. The van der Waals surface area contributed by atoms with E-state index in [0.717, 1.165) is 32.0 Å². The highest BCUT2D eigenvalue weighted by molar-refractivity contribution is 7.71. The molecule has 9 nitrogen and oxygen atoms in total. The van der Waals surface area contributed by atoms with Gasteiger partial charge in [-0.25, -0.2) is 4.98 Å². The lowest BCUT2D eigenvalue weighted by Crippen LogP contribution is -3.14. The zero-order valence-corrected chi connectivity index (χ0v) is 18.7. The first kappa shape index (κ1) is 21.1. The lowest BCUT2D eigenvalue weighted by Gasteiger charge is -2.27. The zero-order valence-electron chi connectivity index (χ0n) is 17.9. The summed E-state index contributed by atoms with van der Waals surface area (Å²) < 4.78 is 23.8. The molecule has 2 N–H and O–H groups in total. The Labute approximate surface area is 185 Å². The molecule has 2 aromatic heterocycles. The summed E-state index contributed by atoms with van der Waals surface area (Å²) >= 11 is 5.43. The van der Waals surface area contributed by atoms with Gasteiger partial charge in [-0.05, 0) is 30.4 Å². The Kier molecular flexibility index (Phi) is 6.38. The number of ether oxygens (including phenoxy) is 3. The van der Waals surface area contributed by atoms with Gasteiger partial charge in [-0.1, -0.05) is 6.07 Å². The van der Waals surface area contributed by atoms with Crippen molar-refractivity contribution in [2.75, 3.05) is 52.4 Å². The van der Waals surface area contributed by atoms with Crippen LogP contribution in [0.3, 0.4) is 0 Å². The summed E-state index contributed by atoms with van der Waals surface area (Å²) in [6.45, 7) is 4.54. The van der Waals surface area contributed by atoms with E-state index in [1.165, 1.54) is 4.90 Å². The van der Waals surface area contributed by atoms with Crippen molar-refractivity contribution >= 4 is 18.0 Å². The SMILES string of the molecule is COc1cc(-c2nn(C[NH+]3CCN(c4cccc[nH+]4)CC3)c(=S)o2)cc(OC)c1OC. The van der Waals surface area contributed by atoms with Crippen LogP contribution in [0.15, 0.2) is 40.9 Å². The minimum absolute atomic E-state index is 0.343. The minimum Gasteiger partial charge on any atom is -0.493 e. The standard InChI is InChI=1S/C21H25N5O4S/c1-27-16-12-15(13-17(28-2)19(16)29-3)20-23-26(21(31)30-20)14-24-8-10-25(11-9-24)18-6-4-5-7-22-18/h4-7,12-13H,8-11,14H2,1-3H3/p+2. The molecular formula is C21H27N5O4S+2. The first-order valence-corrected chi connectivity index (χ1v) is 10.5. The lowest BCUT2D eigenvalue weighted by molar-refractivity contribution is -0.924. The van der Waals surface area contributed by atoms with E-state index >= 15 is 0 Å². The molecule has 1 aromatic carbocycles. The topological polar surface area (TPSA) is 80.5 Å². The molecule has 31 heavy (non-hydrogen) atoms. The average Bonchev–Trinajstić information content (AvgIpc) is 3.19. The molecule has 0 spiro atoms. The molecule has 0 bridgehead atoms. The van der Waals surface area contributed by atoms with Crippen LogP contribution in [0.5, 0.6) is 17.2 Å². The number of piperazine rings is 1. The molecule has 3 aromatic rings. The van der Waals surface area contributed by atoms with Crippen LogP contribution >= 0.6 is 12.2 Å². The second-order valence-corrected chi connectivity index (χ2v) is 7.58. The molecule has 0 aliphatic carbocycles. The van der Waals surface area contributed by atoms with Crippen LogP contribution in [0.1, 0.15) is 0 Å². The fraction of sp³-hybridized carbons (Fsp3) is 0.381. The Morgan fingerprint density at radius 1 is 1.10 bits per heavy atom. The van der Waals surface area contributed by atoms with Crippen molar-refractivity contribution in [1.29, 1.82) is 0 Å². The number of hydrogen-bond donors (Lipinski definition) is 1. The maximum Gasteiger partial charge on any atom is 0.292 e. The predicted molar refractivity (Wildman–Crippen MR) is 116 cm³/mol. The first-order chi connectivity index (χ1) is 15.1. The van der Waals surface area contributed by atoms with Crippen LogP contribution in [0.4, 0.5) is 5.82 Å². The summed E-state index contributed by atoms with van der Waals surface area (Å²) in [5, 5.41) is 4.61. The number of quaternary nitrogens is 1. The van der Waals surface area contributed by atoms with Crippen LogP contribution in [0, 0.1) is 4.84 Å². The molecule has 1 aliphatic rings. The van der Waals surface area contributed by atoms with E-state index in [1.807, 2.05) is 18.3 Å². The van der Waals surface area contributed by atoms with Gasteiger partial charge < -0.3 is 23.5 Å². The molecular weight excluding hydrogens is 418 g/mol. The van der Waals surface area contributed by atoms with Crippen molar-refractivity contribution in [2.45, 2.75) is 6.67 Å². The molecule has 0 saturated carbocycles. The van der Waals surface area contributed by atoms with Gasteiger partial charge in [-0.15, -0.1) is 5.10 Å². The third-order valence-electron chi connectivity index (χ3n) is 5.40. The number of aromatic nitrogens is 3. The molecule has 164 valence electrons. The summed E-state index contributed by atoms with van der Waals surface area (Å²) in [5.41, 5.74) is 0.707. The number of aromatic amines is 1. The van der Waals surface area contributed by atoms with Gasteiger partial charge in [0.25, 0.3) is 10.7 Å². The normalized spacial score (nSPS) is 14.5. The number of hydrogen-bond acceptors (Lipinski definition) is 7. The highest BCUT2D eigenvalue weighted by Gasteiger charge is 2.27. The van der Waals surface area contributed by atoms with Crippen LogP contribution in [-0.4, -0.2) is 57.3 Å². The quantitative estimate of drug-likeness (QED) is 0.545. The zero-order chi connectivity index (χ0) is 21.8. The first-order valence-electron chi connectivity index (χ1n) is 10.1. The van der Waals surface area contributed by atoms with E-state index in [-0.39, 0.29) is 0 Å². The van der Waals surface area contributed by atoms with E-state index < -0.39 is 0 Å². The Balaban J connectivity index is 1.48. The van der Waals surface area contributed by atoms with Crippen molar-refractivity contribution in [1.82, 2.24) is 9.78 Å². The summed E-state index contributed by atoms with van der Waals surface area (Å²) in [7, 11) is 4.72. The third-order valence-corrected chi connectivity index (χ3v) is 5.69. The monoisotopic (exact) mass is 445 g/mol. The number of benzene rings is 1. The molecule has 0 atom stereocenters. The van der Waals surface area contributed by atoms with Crippen molar-refractivity contribution in [2.24, 2.45) is 0 Å². The molecule has 0 radical (unpaired) electrons. The van der Waals surface area contributed by atoms with Gasteiger partial charge in [0, 0.05) is 11.6 Å². The maximum absolute atomic E-state index is 5.79.